The molecule has 2 N–H and O–H groups in total. The molecule has 2 fully saturated rings. The zero-order valence-electron chi connectivity index (χ0n) is 13.0. The monoisotopic (exact) mass is 268 g/mol. The Bertz CT molecular complexity index is 284. The van der Waals surface area contributed by atoms with Crippen molar-refractivity contribution in [3.8, 4) is 0 Å². The highest BCUT2D eigenvalue weighted by Crippen LogP contribution is 2.40. The van der Waals surface area contributed by atoms with Crippen LogP contribution in [-0.2, 0) is 4.74 Å². The minimum absolute atomic E-state index is 0.248. The molecule has 3 nitrogen and oxygen atoms in total. The lowest BCUT2D eigenvalue weighted by Gasteiger charge is -2.54. The van der Waals surface area contributed by atoms with Crippen LogP contribution in [0.3, 0.4) is 0 Å². The average Bonchev–Trinajstić information content (AvgIpc) is 2.47. The van der Waals surface area contributed by atoms with E-state index in [2.05, 4.69) is 25.7 Å². The number of nitrogens with zero attached hydrogens (tertiary/aromatic N) is 1. The molecule has 0 amide bonds. The van der Waals surface area contributed by atoms with Crippen molar-refractivity contribution in [2.45, 2.75) is 77.0 Å². The maximum atomic E-state index is 6.27. The molecule has 4 atom stereocenters. The van der Waals surface area contributed by atoms with Gasteiger partial charge in [-0.2, -0.15) is 0 Å². The van der Waals surface area contributed by atoms with Crippen LogP contribution in [0.5, 0.6) is 0 Å². The highest BCUT2D eigenvalue weighted by Gasteiger charge is 2.44. The Kier molecular flexibility index (Phi) is 5.27. The van der Waals surface area contributed by atoms with Gasteiger partial charge in [0.2, 0.25) is 0 Å². The summed E-state index contributed by atoms with van der Waals surface area (Å²) in [7, 11) is 0. The van der Waals surface area contributed by atoms with Crippen molar-refractivity contribution in [1.29, 1.82) is 0 Å². The number of rotatable bonds is 4. The summed E-state index contributed by atoms with van der Waals surface area (Å²) in [5.41, 5.74) is 6.51. The van der Waals surface area contributed by atoms with Gasteiger partial charge in [0, 0.05) is 24.7 Å². The van der Waals surface area contributed by atoms with Gasteiger partial charge in [0.15, 0.2) is 0 Å². The van der Waals surface area contributed by atoms with Crippen LogP contribution in [0.1, 0.15) is 59.3 Å². The fraction of sp³-hybridized carbons (Fsp3) is 1.00. The molecule has 3 heteroatoms. The summed E-state index contributed by atoms with van der Waals surface area (Å²) in [6.45, 7) is 9.57. The maximum Gasteiger partial charge on any atom is 0.0675 e. The zero-order valence-corrected chi connectivity index (χ0v) is 13.0. The molecule has 2 rings (SSSR count). The molecule has 0 spiro atoms. The molecule has 1 saturated carbocycles. The van der Waals surface area contributed by atoms with Crippen LogP contribution in [0.25, 0.3) is 0 Å². The molecule has 1 saturated heterocycles. The first kappa shape index (κ1) is 15.3. The SMILES string of the molecule is CCC1CCCC(CN)(N2CC(C)OCC2CC)C1. The molecular weight excluding hydrogens is 236 g/mol. The lowest BCUT2D eigenvalue weighted by atomic mass is 9.72. The van der Waals surface area contributed by atoms with Gasteiger partial charge in [-0.05, 0) is 32.1 Å². The summed E-state index contributed by atoms with van der Waals surface area (Å²) in [5.74, 6) is 0.868. The topological polar surface area (TPSA) is 38.5 Å². The van der Waals surface area contributed by atoms with E-state index >= 15 is 0 Å². The Morgan fingerprint density at radius 2 is 2.11 bits per heavy atom. The smallest absolute Gasteiger partial charge is 0.0675 e. The van der Waals surface area contributed by atoms with E-state index < -0.39 is 0 Å². The molecule has 1 aliphatic carbocycles. The van der Waals surface area contributed by atoms with Gasteiger partial charge in [0.05, 0.1) is 12.7 Å². The van der Waals surface area contributed by atoms with Crippen LogP contribution < -0.4 is 5.73 Å². The largest absolute Gasteiger partial charge is 0.376 e. The van der Waals surface area contributed by atoms with Crippen molar-refractivity contribution in [3.05, 3.63) is 0 Å². The third-order valence-electron chi connectivity index (χ3n) is 5.43. The average molecular weight is 268 g/mol. The first-order valence-corrected chi connectivity index (χ1v) is 8.23. The number of hydrogen-bond acceptors (Lipinski definition) is 3. The molecule has 1 heterocycles. The number of hydrogen-bond donors (Lipinski definition) is 1. The van der Waals surface area contributed by atoms with Crippen LogP contribution in [0.15, 0.2) is 0 Å². The Morgan fingerprint density at radius 3 is 2.74 bits per heavy atom. The van der Waals surface area contributed by atoms with E-state index in [1.807, 2.05) is 0 Å². The number of ether oxygens (including phenoxy) is 1. The Labute approximate surface area is 118 Å². The van der Waals surface area contributed by atoms with E-state index in [0.717, 1.165) is 25.6 Å². The van der Waals surface area contributed by atoms with E-state index in [9.17, 15) is 0 Å². The van der Waals surface area contributed by atoms with Crippen molar-refractivity contribution in [3.63, 3.8) is 0 Å². The van der Waals surface area contributed by atoms with Gasteiger partial charge in [0.25, 0.3) is 0 Å². The Hall–Kier alpha value is -0.120. The van der Waals surface area contributed by atoms with E-state index in [0.29, 0.717) is 12.1 Å². The lowest BCUT2D eigenvalue weighted by Crippen LogP contribution is -2.64. The molecule has 0 aromatic carbocycles. The molecule has 19 heavy (non-hydrogen) atoms. The summed E-state index contributed by atoms with van der Waals surface area (Å²) in [5, 5.41) is 0. The fourth-order valence-corrected chi connectivity index (χ4v) is 4.14. The second-order valence-electron chi connectivity index (χ2n) is 6.66. The minimum atomic E-state index is 0.248. The fourth-order valence-electron chi connectivity index (χ4n) is 4.14. The molecule has 0 aromatic rings. The Balaban J connectivity index is 2.17. The van der Waals surface area contributed by atoms with Crippen LogP contribution in [-0.4, -0.2) is 42.3 Å². The van der Waals surface area contributed by atoms with Crippen molar-refractivity contribution < 1.29 is 4.74 Å². The number of morpholine rings is 1. The normalized spacial score (nSPS) is 41.4. The first-order chi connectivity index (χ1) is 9.15. The molecule has 4 unspecified atom stereocenters. The van der Waals surface area contributed by atoms with Gasteiger partial charge in [-0.1, -0.05) is 33.1 Å². The predicted octanol–water partition coefficient (Wildman–Crippen LogP) is 2.78. The van der Waals surface area contributed by atoms with Crippen LogP contribution in [0.2, 0.25) is 0 Å². The zero-order chi connectivity index (χ0) is 13.9. The summed E-state index contributed by atoms with van der Waals surface area (Å²) in [6.07, 6.45) is 8.15. The molecule has 0 bridgehead atoms. The molecule has 2 aliphatic rings. The van der Waals surface area contributed by atoms with Crippen LogP contribution in [0.4, 0.5) is 0 Å². The van der Waals surface area contributed by atoms with Gasteiger partial charge in [-0.3, -0.25) is 4.90 Å². The van der Waals surface area contributed by atoms with Gasteiger partial charge >= 0.3 is 0 Å². The van der Waals surface area contributed by atoms with Crippen molar-refractivity contribution in [1.82, 2.24) is 4.90 Å². The third kappa shape index (κ3) is 3.14. The molecule has 0 aromatic heterocycles. The highest BCUT2D eigenvalue weighted by atomic mass is 16.5. The quantitative estimate of drug-likeness (QED) is 0.852. The van der Waals surface area contributed by atoms with Crippen molar-refractivity contribution >= 4 is 0 Å². The summed E-state index contributed by atoms with van der Waals surface area (Å²) < 4.78 is 5.86. The van der Waals surface area contributed by atoms with Crippen LogP contribution >= 0.6 is 0 Å². The standard InChI is InChI=1S/C16H32N2O/c1-4-14-7-6-8-16(9-14,12-17)18-10-13(3)19-11-15(18)5-2/h13-15H,4-12,17H2,1-3H3. The van der Waals surface area contributed by atoms with E-state index in [-0.39, 0.29) is 5.54 Å². The highest BCUT2D eigenvalue weighted by molar-refractivity contribution is 5.00. The van der Waals surface area contributed by atoms with E-state index in [4.69, 9.17) is 10.5 Å². The second-order valence-corrected chi connectivity index (χ2v) is 6.66. The van der Waals surface area contributed by atoms with E-state index in [1.54, 1.807) is 0 Å². The van der Waals surface area contributed by atoms with Crippen molar-refractivity contribution in [2.24, 2.45) is 11.7 Å². The maximum absolute atomic E-state index is 6.27. The summed E-state index contributed by atoms with van der Waals surface area (Å²) in [6, 6.07) is 0.565. The first-order valence-electron chi connectivity index (χ1n) is 8.23. The van der Waals surface area contributed by atoms with Crippen molar-refractivity contribution in [2.75, 3.05) is 19.7 Å². The van der Waals surface area contributed by atoms with Gasteiger partial charge in [-0.15, -0.1) is 0 Å². The summed E-state index contributed by atoms with van der Waals surface area (Å²) in [4.78, 5) is 2.73. The predicted molar refractivity (Wildman–Crippen MR) is 80.2 cm³/mol. The van der Waals surface area contributed by atoms with Gasteiger partial charge in [-0.25, -0.2) is 0 Å². The Morgan fingerprint density at radius 1 is 1.32 bits per heavy atom. The lowest BCUT2D eigenvalue weighted by molar-refractivity contribution is -0.112. The number of nitrogens with two attached hydrogens (primary N) is 1. The third-order valence-corrected chi connectivity index (χ3v) is 5.43. The van der Waals surface area contributed by atoms with E-state index in [1.165, 1.54) is 38.5 Å². The van der Waals surface area contributed by atoms with Gasteiger partial charge in [0.1, 0.15) is 0 Å². The summed E-state index contributed by atoms with van der Waals surface area (Å²) >= 11 is 0. The molecule has 112 valence electrons. The van der Waals surface area contributed by atoms with Crippen LogP contribution in [0, 0.1) is 5.92 Å². The molecule has 1 aliphatic heterocycles. The van der Waals surface area contributed by atoms with Gasteiger partial charge < -0.3 is 10.5 Å². The second kappa shape index (κ2) is 6.55. The minimum Gasteiger partial charge on any atom is -0.376 e. The molecular formula is C16H32N2O. The molecule has 0 radical (unpaired) electrons.